The maximum absolute atomic E-state index is 13.3. The Morgan fingerprint density at radius 1 is 1.35 bits per heavy atom. The molecule has 5 nitrogen and oxygen atoms in total. The van der Waals surface area contributed by atoms with Crippen LogP contribution in [0, 0.1) is 12.3 Å². The lowest BCUT2D eigenvalue weighted by atomic mass is 9.41. The fourth-order valence-corrected chi connectivity index (χ4v) is 4.04. The molecule has 8 heteroatoms. The van der Waals surface area contributed by atoms with Gasteiger partial charge in [0.25, 0.3) is 0 Å². The van der Waals surface area contributed by atoms with E-state index < -0.39 is 23.4 Å². The van der Waals surface area contributed by atoms with E-state index in [1.54, 1.807) is 14.0 Å². The molecule has 3 saturated carbocycles. The van der Waals surface area contributed by atoms with E-state index in [4.69, 9.17) is 9.47 Å². The van der Waals surface area contributed by atoms with E-state index in [0.29, 0.717) is 0 Å². The van der Waals surface area contributed by atoms with Crippen LogP contribution in [0.4, 0.5) is 13.2 Å². The van der Waals surface area contributed by atoms with Crippen molar-refractivity contribution in [2.45, 2.75) is 51.4 Å². The molecule has 0 aromatic carbocycles. The normalized spacial score (nSPS) is 29.0. The Bertz CT molecular complexity index is 631. The number of hydrogen-bond donors (Lipinski definition) is 0. The van der Waals surface area contributed by atoms with Crippen molar-refractivity contribution in [1.82, 2.24) is 9.78 Å². The topological polar surface area (TPSA) is 53.3 Å². The monoisotopic (exact) mass is 332 g/mol. The van der Waals surface area contributed by atoms with E-state index >= 15 is 0 Å². The highest BCUT2D eigenvalue weighted by molar-refractivity contribution is 5.89. The van der Waals surface area contributed by atoms with Crippen LogP contribution in [0.25, 0.3) is 0 Å². The van der Waals surface area contributed by atoms with Gasteiger partial charge >= 0.3 is 12.1 Å². The number of aryl methyl sites for hydroxylation is 1. The molecule has 2 bridgehead atoms. The molecule has 23 heavy (non-hydrogen) atoms. The molecule has 1 aromatic rings. The molecule has 3 aliphatic carbocycles. The number of aromatic nitrogens is 2. The van der Waals surface area contributed by atoms with E-state index in [-0.39, 0.29) is 29.9 Å². The van der Waals surface area contributed by atoms with Crippen LogP contribution in [0.15, 0.2) is 0 Å². The van der Waals surface area contributed by atoms with Crippen LogP contribution < -0.4 is 0 Å². The zero-order chi connectivity index (χ0) is 17.0. The fraction of sp³-hybridized carbons (Fsp3) is 0.733. The summed E-state index contributed by atoms with van der Waals surface area (Å²) in [7, 11) is 1.65. The first kappa shape index (κ1) is 16.3. The van der Waals surface area contributed by atoms with Gasteiger partial charge in [0.15, 0.2) is 5.69 Å². The van der Waals surface area contributed by atoms with Gasteiger partial charge in [-0.05, 0) is 38.5 Å². The number of rotatable bonds is 5. The van der Waals surface area contributed by atoms with Crippen molar-refractivity contribution in [2.24, 2.45) is 5.41 Å². The van der Waals surface area contributed by atoms with Crippen LogP contribution in [-0.4, -0.2) is 35.1 Å². The standard InChI is InChI=1S/C15H19F3N2O3/c1-4-23-12(21)11-10(15(16,17)18)9(2)19-20(11)8-13-5-14(6-13,7-13)22-3/h4-8H2,1-3H3. The Morgan fingerprint density at radius 3 is 2.43 bits per heavy atom. The van der Waals surface area contributed by atoms with E-state index in [1.807, 2.05) is 0 Å². The minimum Gasteiger partial charge on any atom is -0.461 e. The second kappa shape index (κ2) is 4.96. The molecule has 1 aromatic heterocycles. The zero-order valence-corrected chi connectivity index (χ0v) is 13.3. The van der Waals surface area contributed by atoms with Crippen molar-refractivity contribution in [3.8, 4) is 0 Å². The predicted molar refractivity (Wildman–Crippen MR) is 73.9 cm³/mol. The Morgan fingerprint density at radius 2 is 1.96 bits per heavy atom. The van der Waals surface area contributed by atoms with Gasteiger partial charge in [-0.25, -0.2) is 4.79 Å². The van der Waals surface area contributed by atoms with Crippen LogP contribution in [0.1, 0.15) is 47.9 Å². The molecule has 0 aliphatic heterocycles. The molecule has 0 saturated heterocycles. The third-order valence-corrected chi connectivity index (χ3v) is 4.89. The number of carbonyl (C=O) groups excluding carboxylic acids is 1. The van der Waals surface area contributed by atoms with Crippen LogP contribution in [0.2, 0.25) is 0 Å². The summed E-state index contributed by atoms with van der Waals surface area (Å²) in [5.74, 6) is -0.978. The summed E-state index contributed by atoms with van der Waals surface area (Å²) in [6.07, 6.45) is -2.27. The number of alkyl halides is 3. The lowest BCUT2D eigenvalue weighted by Gasteiger charge is -2.69. The third-order valence-electron chi connectivity index (χ3n) is 4.89. The van der Waals surface area contributed by atoms with Gasteiger partial charge in [-0.15, -0.1) is 0 Å². The second-order valence-electron chi connectivity index (χ2n) is 6.60. The van der Waals surface area contributed by atoms with Crippen LogP contribution in [0.3, 0.4) is 0 Å². The van der Waals surface area contributed by atoms with Crippen molar-refractivity contribution in [3.63, 3.8) is 0 Å². The first-order chi connectivity index (χ1) is 10.7. The summed E-state index contributed by atoms with van der Waals surface area (Å²) in [4.78, 5) is 12.1. The van der Waals surface area contributed by atoms with Crippen LogP contribution >= 0.6 is 0 Å². The highest BCUT2D eigenvalue weighted by Crippen LogP contribution is 2.69. The Labute approximate surface area is 131 Å². The van der Waals surface area contributed by atoms with Gasteiger partial charge in [-0.2, -0.15) is 18.3 Å². The maximum atomic E-state index is 13.3. The summed E-state index contributed by atoms with van der Waals surface area (Å²) in [5, 5.41) is 3.98. The van der Waals surface area contributed by atoms with E-state index in [0.717, 1.165) is 19.3 Å². The van der Waals surface area contributed by atoms with Crippen LogP contribution in [0.5, 0.6) is 0 Å². The molecule has 0 atom stereocenters. The highest BCUT2D eigenvalue weighted by atomic mass is 19.4. The summed E-state index contributed by atoms with van der Waals surface area (Å²) in [6, 6.07) is 0. The van der Waals surface area contributed by atoms with Gasteiger partial charge in [0.1, 0.15) is 5.56 Å². The van der Waals surface area contributed by atoms with Crippen molar-refractivity contribution < 1.29 is 27.4 Å². The molecule has 0 radical (unpaired) electrons. The zero-order valence-electron chi connectivity index (χ0n) is 13.3. The first-order valence-electron chi connectivity index (χ1n) is 7.52. The van der Waals surface area contributed by atoms with Crippen molar-refractivity contribution >= 4 is 5.97 Å². The number of nitrogens with zero attached hydrogens (tertiary/aromatic N) is 2. The number of methoxy groups -OCH3 is 1. The number of ether oxygens (including phenoxy) is 2. The largest absolute Gasteiger partial charge is 0.461 e. The highest BCUT2D eigenvalue weighted by Gasteiger charge is 2.68. The van der Waals surface area contributed by atoms with Gasteiger partial charge in [0.05, 0.1) is 17.9 Å². The molecular weight excluding hydrogens is 313 g/mol. The molecule has 3 aliphatic rings. The molecular formula is C15H19F3N2O3. The molecule has 3 fully saturated rings. The minimum atomic E-state index is -4.64. The lowest BCUT2D eigenvalue weighted by molar-refractivity contribution is -0.280. The predicted octanol–water partition coefficient (Wildman–Crippen LogP) is 2.96. The number of halogens is 3. The molecule has 1 heterocycles. The summed E-state index contributed by atoms with van der Waals surface area (Å²) < 4.78 is 51.3. The van der Waals surface area contributed by atoms with Gasteiger partial charge in [0.2, 0.25) is 0 Å². The third kappa shape index (κ3) is 2.43. The Hall–Kier alpha value is -1.57. The van der Waals surface area contributed by atoms with Crippen LogP contribution in [-0.2, 0) is 22.2 Å². The van der Waals surface area contributed by atoms with Crippen molar-refractivity contribution in [1.29, 1.82) is 0 Å². The van der Waals surface area contributed by atoms with Gasteiger partial charge in [-0.1, -0.05) is 0 Å². The molecule has 128 valence electrons. The first-order valence-corrected chi connectivity index (χ1v) is 7.52. The number of carbonyl (C=O) groups is 1. The van der Waals surface area contributed by atoms with E-state index in [9.17, 15) is 18.0 Å². The quantitative estimate of drug-likeness (QED) is 0.778. The summed E-state index contributed by atoms with van der Waals surface area (Å²) in [6.45, 7) is 3.12. The van der Waals surface area contributed by atoms with E-state index in [1.165, 1.54) is 11.6 Å². The molecule has 0 spiro atoms. The van der Waals surface area contributed by atoms with Gasteiger partial charge < -0.3 is 9.47 Å². The fourth-order valence-electron chi connectivity index (χ4n) is 4.04. The number of hydrogen-bond acceptors (Lipinski definition) is 4. The molecule has 0 amide bonds. The second-order valence-corrected chi connectivity index (χ2v) is 6.60. The van der Waals surface area contributed by atoms with Gasteiger partial charge in [0, 0.05) is 13.7 Å². The van der Waals surface area contributed by atoms with Gasteiger partial charge in [-0.3, -0.25) is 4.68 Å². The Kier molecular flexibility index (Phi) is 3.51. The summed E-state index contributed by atoms with van der Waals surface area (Å²) >= 11 is 0. The molecule has 0 unspecified atom stereocenters. The summed E-state index contributed by atoms with van der Waals surface area (Å²) in [5.41, 5.74) is -1.91. The smallest absolute Gasteiger partial charge is 0.420 e. The lowest BCUT2D eigenvalue weighted by Crippen LogP contribution is -2.69. The van der Waals surface area contributed by atoms with E-state index in [2.05, 4.69) is 5.10 Å². The van der Waals surface area contributed by atoms with Crippen molar-refractivity contribution in [3.05, 3.63) is 17.0 Å². The molecule has 4 rings (SSSR count). The average molecular weight is 332 g/mol. The average Bonchev–Trinajstić information content (AvgIpc) is 2.68. The minimum absolute atomic E-state index is 0.0122. The maximum Gasteiger partial charge on any atom is 0.420 e. The van der Waals surface area contributed by atoms with Crippen molar-refractivity contribution in [2.75, 3.05) is 13.7 Å². The number of esters is 1. The molecule has 0 N–H and O–H groups in total. The SMILES string of the molecule is CCOC(=O)c1c(C(F)(F)F)c(C)nn1CC12CC(OC)(C1)C2. The Balaban J connectivity index is 1.93.